The van der Waals surface area contributed by atoms with Gasteiger partial charge in [-0.3, -0.25) is 0 Å². The average Bonchev–Trinajstić information content (AvgIpc) is 3.14. The zero-order valence-corrected chi connectivity index (χ0v) is 12.8. The van der Waals surface area contributed by atoms with Crippen LogP contribution in [0.3, 0.4) is 0 Å². The van der Waals surface area contributed by atoms with Gasteiger partial charge < -0.3 is 19.3 Å². The summed E-state index contributed by atoms with van der Waals surface area (Å²) in [7, 11) is 0. The van der Waals surface area contributed by atoms with Crippen molar-refractivity contribution in [1.29, 1.82) is 0 Å². The van der Waals surface area contributed by atoms with Crippen LogP contribution in [0.4, 0.5) is 0 Å². The molecule has 0 bridgehead atoms. The monoisotopic (exact) mass is 301 g/mol. The molecule has 0 saturated carbocycles. The first-order valence-electron chi connectivity index (χ1n) is 8.12. The summed E-state index contributed by atoms with van der Waals surface area (Å²) in [4.78, 5) is 6.93. The Labute approximate surface area is 130 Å². The number of aromatic nitrogens is 2. The summed E-state index contributed by atoms with van der Waals surface area (Å²) in [6.45, 7) is 5.75. The van der Waals surface area contributed by atoms with E-state index in [1.807, 2.05) is 18.5 Å². The molecule has 2 aromatic rings. The van der Waals surface area contributed by atoms with Gasteiger partial charge in [0.15, 0.2) is 0 Å². The Morgan fingerprint density at radius 2 is 2.23 bits per heavy atom. The maximum Gasteiger partial charge on any atom is 0.0958 e. The number of imidazole rings is 1. The van der Waals surface area contributed by atoms with Crippen molar-refractivity contribution >= 4 is 11.0 Å². The van der Waals surface area contributed by atoms with E-state index in [9.17, 15) is 5.11 Å². The number of para-hydroxylation sites is 2. The molecule has 0 unspecified atom stereocenters. The molecule has 5 heteroatoms. The van der Waals surface area contributed by atoms with Crippen molar-refractivity contribution in [1.82, 2.24) is 14.5 Å². The number of benzene rings is 1. The van der Waals surface area contributed by atoms with Gasteiger partial charge in [0, 0.05) is 38.2 Å². The summed E-state index contributed by atoms with van der Waals surface area (Å²) in [5.74, 6) is 0.575. The van der Waals surface area contributed by atoms with Crippen molar-refractivity contribution < 1.29 is 9.84 Å². The van der Waals surface area contributed by atoms with E-state index in [1.165, 1.54) is 5.52 Å². The molecular weight excluding hydrogens is 278 g/mol. The molecular formula is C17H23N3O2. The lowest BCUT2D eigenvalue weighted by molar-refractivity contribution is -0.0560. The van der Waals surface area contributed by atoms with Crippen LogP contribution in [0.15, 0.2) is 30.6 Å². The van der Waals surface area contributed by atoms with E-state index in [1.54, 1.807) is 0 Å². The first kappa shape index (κ1) is 14.2. The van der Waals surface area contributed by atoms with Crippen molar-refractivity contribution in [2.75, 3.05) is 39.5 Å². The first-order chi connectivity index (χ1) is 10.8. The zero-order valence-electron chi connectivity index (χ0n) is 12.8. The van der Waals surface area contributed by atoms with E-state index in [4.69, 9.17) is 4.74 Å². The van der Waals surface area contributed by atoms with E-state index in [2.05, 4.69) is 26.6 Å². The van der Waals surface area contributed by atoms with Gasteiger partial charge in [0.2, 0.25) is 0 Å². The molecule has 2 fully saturated rings. The van der Waals surface area contributed by atoms with Gasteiger partial charge in [0.05, 0.1) is 30.6 Å². The Morgan fingerprint density at radius 3 is 3.09 bits per heavy atom. The van der Waals surface area contributed by atoms with E-state index in [-0.39, 0.29) is 12.0 Å². The Morgan fingerprint density at radius 1 is 1.32 bits per heavy atom. The lowest BCUT2D eigenvalue weighted by Crippen LogP contribution is -2.43. The fraction of sp³-hybridized carbons (Fsp3) is 0.588. The van der Waals surface area contributed by atoms with Crippen molar-refractivity contribution in [3.63, 3.8) is 0 Å². The predicted octanol–water partition coefficient (Wildman–Crippen LogP) is 1.37. The van der Waals surface area contributed by atoms with E-state index in [0.717, 1.165) is 44.7 Å². The van der Waals surface area contributed by atoms with Crippen molar-refractivity contribution in [2.24, 2.45) is 11.3 Å². The maximum absolute atomic E-state index is 9.84. The molecule has 0 spiro atoms. The van der Waals surface area contributed by atoms with Crippen molar-refractivity contribution in [3.8, 4) is 0 Å². The topological polar surface area (TPSA) is 50.5 Å². The minimum absolute atomic E-state index is 0.0325. The molecule has 1 aromatic carbocycles. The minimum atomic E-state index is -0.0325. The van der Waals surface area contributed by atoms with Crippen molar-refractivity contribution in [3.05, 3.63) is 30.6 Å². The maximum atomic E-state index is 9.84. The van der Waals surface area contributed by atoms with Crippen LogP contribution >= 0.6 is 0 Å². The van der Waals surface area contributed by atoms with E-state index >= 15 is 0 Å². The van der Waals surface area contributed by atoms with Crippen LogP contribution in [0, 0.1) is 11.3 Å². The van der Waals surface area contributed by atoms with Crippen LogP contribution in [0.25, 0.3) is 11.0 Å². The third kappa shape index (κ3) is 2.33. The molecule has 3 heterocycles. The molecule has 2 atom stereocenters. The fourth-order valence-electron chi connectivity index (χ4n) is 4.04. The molecule has 22 heavy (non-hydrogen) atoms. The lowest BCUT2D eigenvalue weighted by Gasteiger charge is -2.36. The average molecular weight is 301 g/mol. The normalized spacial score (nSPS) is 29.0. The third-order valence-corrected chi connectivity index (χ3v) is 5.38. The molecule has 4 rings (SSSR count). The number of hydrogen-bond acceptors (Lipinski definition) is 4. The molecule has 1 aromatic heterocycles. The highest BCUT2D eigenvalue weighted by atomic mass is 16.5. The number of hydrogen-bond donors (Lipinski definition) is 1. The van der Waals surface area contributed by atoms with Gasteiger partial charge in [-0.15, -0.1) is 0 Å². The summed E-state index contributed by atoms with van der Waals surface area (Å²) in [6.07, 6.45) is 3.00. The van der Waals surface area contributed by atoms with Crippen LogP contribution < -0.4 is 0 Å². The standard InChI is InChI=1S/C17H23N3O2/c21-11-17-10-19(9-14(17)5-8-22-12-17)6-7-20-13-18-15-3-1-2-4-16(15)20/h1-4,13-14,21H,5-12H2/t14-,17+/m0/s1. The number of aliphatic hydroxyl groups is 1. The SMILES string of the molecule is OC[C@]12COCC[C@H]1CN(CCn1cnc3ccccc31)C2. The van der Waals surface area contributed by atoms with Crippen LogP contribution in [0.2, 0.25) is 0 Å². The molecule has 0 amide bonds. The molecule has 2 aliphatic heterocycles. The molecule has 1 N–H and O–H groups in total. The molecule has 2 saturated heterocycles. The van der Waals surface area contributed by atoms with Gasteiger partial charge in [0.25, 0.3) is 0 Å². The number of ether oxygens (including phenoxy) is 1. The lowest BCUT2D eigenvalue weighted by atomic mass is 9.76. The van der Waals surface area contributed by atoms with Gasteiger partial charge in [-0.25, -0.2) is 4.98 Å². The second-order valence-corrected chi connectivity index (χ2v) is 6.72. The largest absolute Gasteiger partial charge is 0.396 e. The van der Waals surface area contributed by atoms with Gasteiger partial charge in [0.1, 0.15) is 0 Å². The highest BCUT2D eigenvalue weighted by Crippen LogP contribution is 2.40. The number of rotatable bonds is 4. The summed E-state index contributed by atoms with van der Waals surface area (Å²) < 4.78 is 7.85. The highest BCUT2D eigenvalue weighted by molar-refractivity contribution is 5.74. The second kappa shape index (κ2) is 5.65. The van der Waals surface area contributed by atoms with Crippen LogP contribution in [0.1, 0.15) is 6.42 Å². The second-order valence-electron chi connectivity index (χ2n) is 6.72. The summed E-state index contributed by atoms with van der Waals surface area (Å²) in [5, 5.41) is 9.84. The van der Waals surface area contributed by atoms with Gasteiger partial charge in [-0.2, -0.15) is 0 Å². The molecule has 118 valence electrons. The fourth-order valence-corrected chi connectivity index (χ4v) is 4.04. The number of aliphatic hydroxyl groups excluding tert-OH is 1. The summed E-state index contributed by atoms with van der Waals surface area (Å²) >= 11 is 0. The van der Waals surface area contributed by atoms with Crippen molar-refractivity contribution in [2.45, 2.75) is 13.0 Å². The molecule has 0 radical (unpaired) electrons. The molecule has 5 nitrogen and oxygen atoms in total. The number of fused-ring (bicyclic) bond motifs is 2. The number of nitrogens with zero attached hydrogens (tertiary/aromatic N) is 3. The van der Waals surface area contributed by atoms with Crippen LogP contribution in [-0.2, 0) is 11.3 Å². The molecule has 2 aliphatic rings. The summed E-state index contributed by atoms with van der Waals surface area (Å²) in [5.41, 5.74) is 2.21. The Balaban J connectivity index is 1.44. The van der Waals surface area contributed by atoms with Crippen LogP contribution in [0.5, 0.6) is 0 Å². The summed E-state index contributed by atoms with van der Waals surface area (Å²) in [6, 6.07) is 8.25. The van der Waals surface area contributed by atoms with E-state index < -0.39 is 0 Å². The highest BCUT2D eigenvalue weighted by Gasteiger charge is 2.47. The Bertz CT molecular complexity index is 656. The third-order valence-electron chi connectivity index (χ3n) is 5.38. The quantitative estimate of drug-likeness (QED) is 0.926. The van der Waals surface area contributed by atoms with E-state index in [0.29, 0.717) is 12.5 Å². The molecule has 0 aliphatic carbocycles. The predicted molar refractivity (Wildman–Crippen MR) is 84.6 cm³/mol. The first-order valence-corrected chi connectivity index (χ1v) is 8.12. The minimum Gasteiger partial charge on any atom is -0.396 e. The van der Waals surface area contributed by atoms with Gasteiger partial charge in [-0.05, 0) is 24.5 Å². The Hall–Kier alpha value is -1.43. The number of likely N-dealkylation sites (tertiary alicyclic amines) is 1. The smallest absolute Gasteiger partial charge is 0.0958 e. The van der Waals surface area contributed by atoms with Gasteiger partial charge in [-0.1, -0.05) is 12.1 Å². The van der Waals surface area contributed by atoms with Crippen LogP contribution in [-0.4, -0.2) is 59.0 Å². The van der Waals surface area contributed by atoms with Gasteiger partial charge >= 0.3 is 0 Å². The zero-order chi connectivity index (χ0) is 15.0. The Kier molecular flexibility index (Phi) is 3.64.